The fourth-order valence-corrected chi connectivity index (χ4v) is 4.84. The van der Waals surface area contributed by atoms with Crippen molar-refractivity contribution in [2.24, 2.45) is 0 Å². The Hall–Kier alpha value is -4.22. The Bertz CT molecular complexity index is 1290. The van der Waals surface area contributed by atoms with E-state index in [1.165, 1.54) is 33.3 Å². The number of hydrogen-bond acceptors (Lipinski definition) is 8. The van der Waals surface area contributed by atoms with Gasteiger partial charge in [0.05, 0.1) is 37.0 Å². The molecule has 7 N–H and O–H groups in total. The van der Waals surface area contributed by atoms with Crippen LogP contribution in [0.4, 0.5) is 27.5 Å². The molecule has 11 nitrogen and oxygen atoms in total. The summed E-state index contributed by atoms with van der Waals surface area (Å²) in [5.41, 5.74) is 7.42. The zero-order valence-electron chi connectivity index (χ0n) is 22.5. The molecule has 38 heavy (non-hydrogen) atoms. The number of carbonyl (C=O) groups is 3. The quantitative estimate of drug-likeness (QED) is 0.255. The Balaban J connectivity index is 0.000000263. The first-order valence-electron chi connectivity index (χ1n) is 11.6. The first-order chi connectivity index (χ1) is 17.1. The Morgan fingerprint density at radius 1 is 0.895 bits per heavy atom. The molecule has 2 aromatic carbocycles. The first kappa shape index (κ1) is 30.0. The molecule has 0 fully saturated rings. The Kier molecular flexibility index (Phi) is 8.40. The third-order valence-electron chi connectivity index (χ3n) is 6.39. The highest BCUT2D eigenvalue weighted by Crippen LogP contribution is 2.51. The fraction of sp³-hybridized carbons (Fsp3) is 0.423. The summed E-state index contributed by atoms with van der Waals surface area (Å²) in [7, 11) is 2.97. The molecule has 0 saturated carbocycles. The van der Waals surface area contributed by atoms with Crippen LogP contribution in [0.1, 0.15) is 58.6 Å². The average molecular weight is 535 g/mol. The molecule has 3 amide bonds. The number of benzene rings is 2. The van der Waals surface area contributed by atoms with Crippen LogP contribution in [-0.2, 0) is 25.2 Å². The van der Waals surface area contributed by atoms with Crippen molar-refractivity contribution in [1.29, 1.82) is 0 Å². The van der Waals surface area contributed by atoms with E-state index in [-0.39, 0.29) is 51.7 Å². The van der Waals surface area contributed by atoms with Gasteiger partial charge in [-0.2, -0.15) is 0 Å². The number of amides is 3. The van der Waals surface area contributed by atoms with E-state index in [0.717, 1.165) is 0 Å². The number of nitrogens with two attached hydrogens (primary N) is 1. The van der Waals surface area contributed by atoms with Crippen LogP contribution in [0.2, 0.25) is 0 Å². The van der Waals surface area contributed by atoms with Gasteiger partial charge in [0.2, 0.25) is 17.7 Å². The normalized spacial score (nSPS) is 16.2. The number of hydrogen-bond donors (Lipinski definition) is 6. The molecular weight excluding hydrogens is 499 g/mol. The Labute approximate surface area is 220 Å². The largest absolute Gasteiger partial charge is 0.505 e. The smallest absolute Gasteiger partial charge is 0.225 e. The summed E-state index contributed by atoms with van der Waals surface area (Å²) < 4.78 is 10.4. The van der Waals surface area contributed by atoms with Crippen LogP contribution in [0, 0.1) is 0 Å². The molecule has 2 heterocycles. The summed E-state index contributed by atoms with van der Waals surface area (Å²) in [5.74, 6) is 0.336. The van der Waals surface area contributed by atoms with E-state index in [0.29, 0.717) is 40.4 Å². The number of halogens is 1. The number of carbonyl (C=O) groups excluding carboxylic acids is 3. The maximum absolute atomic E-state index is 11.8. The van der Waals surface area contributed by atoms with E-state index in [2.05, 4.69) is 16.0 Å². The Morgan fingerprint density at radius 3 is 1.74 bits per heavy atom. The number of fused-ring (bicyclic) bond motifs is 2. The monoisotopic (exact) mass is 534 g/mol. The summed E-state index contributed by atoms with van der Waals surface area (Å²) in [6, 6.07) is 3.01. The topological polar surface area (TPSA) is 172 Å². The molecule has 2 aliphatic heterocycles. The Morgan fingerprint density at radius 2 is 1.32 bits per heavy atom. The zero-order valence-corrected chi connectivity index (χ0v) is 22.5. The van der Waals surface area contributed by atoms with E-state index in [1.807, 2.05) is 27.7 Å². The molecule has 0 radical (unpaired) electrons. The van der Waals surface area contributed by atoms with Gasteiger partial charge < -0.3 is 41.4 Å². The number of rotatable bonds is 3. The second-order valence-corrected chi connectivity index (χ2v) is 10.4. The standard InChI is InChI=1S/C14H18N2O4.C12H16N2O3.FH/c1-7(17)15-8-5-9(20-4)12-11(13(8)19)14(2,3)6-10(18)16-12;1-12(2)5-8(15)14-10-7(17-3)4-6(13)11(16)9(10)12;/h5,19H,6H2,1-4H3,(H,15,17)(H,16,18);4,16H,5,13H2,1-3H3,(H,14,15);1H. The van der Waals surface area contributed by atoms with Crippen molar-refractivity contribution in [3.8, 4) is 23.0 Å². The molecule has 0 saturated heterocycles. The zero-order chi connectivity index (χ0) is 27.9. The molecular formula is C26H35FN4O7. The number of phenols is 2. The molecule has 0 bridgehead atoms. The van der Waals surface area contributed by atoms with Gasteiger partial charge in [0.1, 0.15) is 23.0 Å². The van der Waals surface area contributed by atoms with Crippen LogP contribution in [0.3, 0.4) is 0 Å². The van der Waals surface area contributed by atoms with Crippen LogP contribution in [0.5, 0.6) is 23.0 Å². The molecule has 2 aromatic rings. The van der Waals surface area contributed by atoms with Crippen molar-refractivity contribution in [1.82, 2.24) is 0 Å². The maximum Gasteiger partial charge on any atom is 0.225 e. The van der Waals surface area contributed by atoms with E-state index >= 15 is 0 Å². The summed E-state index contributed by atoms with van der Waals surface area (Å²) in [6.45, 7) is 8.87. The summed E-state index contributed by atoms with van der Waals surface area (Å²) in [4.78, 5) is 34.6. The van der Waals surface area contributed by atoms with Gasteiger partial charge in [-0.05, 0) is 0 Å². The highest BCUT2D eigenvalue weighted by atomic mass is 19.0. The van der Waals surface area contributed by atoms with Gasteiger partial charge in [-0.1, -0.05) is 27.7 Å². The maximum atomic E-state index is 11.8. The number of methoxy groups -OCH3 is 2. The van der Waals surface area contributed by atoms with Gasteiger partial charge in [-0.3, -0.25) is 19.1 Å². The van der Waals surface area contributed by atoms with Gasteiger partial charge in [-0.15, -0.1) is 0 Å². The van der Waals surface area contributed by atoms with Crippen molar-refractivity contribution >= 4 is 40.5 Å². The number of aromatic hydroxyl groups is 2. The molecule has 4 rings (SSSR count). The third-order valence-corrected chi connectivity index (χ3v) is 6.39. The SMILES string of the molecule is COc1cc(N)c(O)c2c1NC(=O)CC2(C)C.COc1cc(NC(C)=O)c(O)c2c1NC(=O)CC2(C)C.F. The minimum atomic E-state index is -0.552. The van der Waals surface area contributed by atoms with Crippen molar-refractivity contribution in [2.45, 2.75) is 58.3 Å². The van der Waals surface area contributed by atoms with E-state index < -0.39 is 10.8 Å². The van der Waals surface area contributed by atoms with Gasteiger partial charge in [0.15, 0.2) is 0 Å². The average Bonchev–Trinajstić information content (AvgIpc) is 2.76. The molecule has 0 atom stereocenters. The highest BCUT2D eigenvalue weighted by molar-refractivity contribution is 6.01. The number of ether oxygens (including phenoxy) is 2. The number of phenolic OH excluding ortho intramolecular Hbond substituents is 2. The molecule has 2 aliphatic rings. The van der Waals surface area contributed by atoms with Gasteiger partial charge in [0.25, 0.3) is 0 Å². The lowest BCUT2D eigenvalue weighted by molar-refractivity contribution is -0.118. The minimum Gasteiger partial charge on any atom is -0.505 e. The summed E-state index contributed by atoms with van der Waals surface area (Å²) >= 11 is 0. The van der Waals surface area contributed by atoms with E-state index in [1.54, 1.807) is 0 Å². The lowest BCUT2D eigenvalue weighted by Crippen LogP contribution is -2.33. The van der Waals surface area contributed by atoms with Crippen LogP contribution in [-0.4, -0.2) is 42.2 Å². The lowest BCUT2D eigenvalue weighted by Gasteiger charge is -2.34. The highest BCUT2D eigenvalue weighted by Gasteiger charge is 2.38. The first-order valence-corrected chi connectivity index (χ1v) is 11.6. The number of anilines is 4. The predicted molar refractivity (Wildman–Crippen MR) is 143 cm³/mol. The van der Waals surface area contributed by atoms with Crippen LogP contribution < -0.4 is 31.2 Å². The van der Waals surface area contributed by atoms with Crippen molar-refractivity contribution in [3.63, 3.8) is 0 Å². The molecule has 0 spiro atoms. The van der Waals surface area contributed by atoms with Crippen molar-refractivity contribution in [2.75, 3.05) is 35.9 Å². The predicted octanol–water partition coefficient (Wildman–Crippen LogP) is 3.73. The molecule has 0 unspecified atom stereocenters. The summed E-state index contributed by atoms with van der Waals surface area (Å²) in [5, 5.41) is 28.5. The molecule has 0 aromatic heterocycles. The van der Waals surface area contributed by atoms with Crippen LogP contribution >= 0.6 is 0 Å². The van der Waals surface area contributed by atoms with Crippen molar-refractivity contribution in [3.05, 3.63) is 23.3 Å². The van der Waals surface area contributed by atoms with E-state index in [9.17, 15) is 24.6 Å². The van der Waals surface area contributed by atoms with Crippen LogP contribution in [0.25, 0.3) is 0 Å². The molecule has 0 aliphatic carbocycles. The lowest BCUT2D eigenvalue weighted by atomic mass is 9.77. The van der Waals surface area contributed by atoms with Crippen LogP contribution in [0.15, 0.2) is 12.1 Å². The number of nitrogens with one attached hydrogen (secondary N) is 3. The summed E-state index contributed by atoms with van der Waals surface area (Å²) in [6.07, 6.45) is 0.556. The van der Waals surface area contributed by atoms with Gasteiger partial charge in [-0.25, -0.2) is 0 Å². The second-order valence-electron chi connectivity index (χ2n) is 10.4. The minimum absolute atomic E-state index is 0. The fourth-order valence-electron chi connectivity index (χ4n) is 4.84. The number of nitrogen functional groups attached to an aromatic ring is 1. The van der Waals surface area contributed by atoms with E-state index in [4.69, 9.17) is 15.2 Å². The van der Waals surface area contributed by atoms with Gasteiger partial charge >= 0.3 is 0 Å². The molecule has 208 valence electrons. The second kappa shape index (κ2) is 10.6. The van der Waals surface area contributed by atoms with Crippen molar-refractivity contribution < 1.29 is 38.8 Å². The third kappa shape index (κ3) is 5.53. The molecule has 12 heteroatoms. The van der Waals surface area contributed by atoms with Gasteiger partial charge in [0, 0.05) is 53.9 Å².